The Bertz CT molecular complexity index is 1220. The van der Waals surface area contributed by atoms with Crippen LogP contribution < -0.4 is 9.64 Å². The normalized spacial score (nSPS) is 15.5. The molecule has 3 aromatic rings. The Balaban J connectivity index is 1.74. The summed E-state index contributed by atoms with van der Waals surface area (Å²) in [6.07, 6.45) is 1.39. The lowest BCUT2D eigenvalue weighted by atomic mass is 10.0. The molecular weight excluding hydrogens is 450 g/mol. The Morgan fingerprint density at radius 1 is 0.889 bits per heavy atom. The van der Waals surface area contributed by atoms with Crippen LogP contribution >= 0.6 is 0 Å². The van der Waals surface area contributed by atoms with Gasteiger partial charge in [0.25, 0.3) is 5.91 Å². The molecule has 1 aliphatic heterocycles. The van der Waals surface area contributed by atoms with Gasteiger partial charge in [-0.05, 0) is 55.1 Å². The van der Waals surface area contributed by atoms with E-state index >= 15 is 0 Å². The van der Waals surface area contributed by atoms with Gasteiger partial charge >= 0.3 is 0 Å². The number of benzene rings is 3. The molecule has 1 heterocycles. The van der Waals surface area contributed by atoms with Crippen LogP contribution in [-0.2, 0) is 11.3 Å². The number of nitrogens with zero attached hydrogens (tertiary/aromatic N) is 3. The molecule has 2 amide bonds. The van der Waals surface area contributed by atoms with E-state index in [2.05, 4.69) is 25.8 Å². The maximum absolute atomic E-state index is 14.0. The highest BCUT2D eigenvalue weighted by Crippen LogP contribution is 2.30. The third kappa shape index (κ3) is 5.71. The van der Waals surface area contributed by atoms with Crippen molar-refractivity contribution < 1.29 is 14.3 Å². The van der Waals surface area contributed by atoms with E-state index in [0.29, 0.717) is 31.6 Å². The number of carbonyl (C=O) groups is 2. The quantitative estimate of drug-likeness (QED) is 0.507. The van der Waals surface area contributed by atoms with Crippen molar-refractivity contribution >= 4 is 28.3 Å². The lowest BCUT2D eigenvalue weighted by Crippen LogP contribution is -2.37. The smallest absolute Gasteiger partial charge is 0.254 e. The van der Waals surface area contributed by atoms with Crippen LogP contribution in [0.1, 0.15) is 42.6 Å². The van der Waals surface area contributed by atoms with E-state index in [0.717, 1.165) is 47.3 Å². The lowest BCUT2D eigenvalue weighted by molar-refractivity contribution is -0.119. The monoisotopic (exact) mass is 487 g/mol. The fourth-order valence-corrected chi connectivity index (χ4v) is 4.91. The van der Waals surface area contributed by atoms with Gasteiger partial charge in [0.05, 0.1) is 7.11 Å². The summed E-state index contributed by atoms with van der Waals surface area (Å²) in [5.41, 5.74) is 2.56. The van der Waals surface area contributed by atoms with E-state index in [1.807, 2.05) is 70.5 Å². The summed E-state index contributed by atoms with van der Waals surface area (Å²) in [7, 11) is 3.73. The topological polar surface area (TPSA) is 53.1 Å². The predicted octanol–water partition coefficient (Wildman–Crippen LogP) is 5.21. The molecule has 0 fully saturated rings. The van der Waals surface area contributed by atoms with Crippen molar-refractivity contribution in [2.24, 2.45) is 5.92 Å². The van der Waals surface area contributed by atoms with E-state index in [4.69, 9.17) is 4.74 Å². The highest BCUT2D eigenvalue weighted by molar-refractivity contribution is 6.08. The van der Waals surface area contributed by atoms with Gasteiger partial charge in [0.15, 0.2) is 0 Å². The van der Waals surface area contributed by atoms with E-state index in [1.165, 1.54) is 0 Å². The zero-order valence-corrected chi connectivity index (χ0v) is 21.9. The molecule has 0 saturated carbocycles. The first-order valence-electron chi connectivity index (χ1n) is 12.8. The lowest BCUT2D eigenvalue weighted by Gasteiger charge is -2.28. The summed E-state index contributed by atoms with van der Waals surface area (Å²) in [4.78, 5) is 33.4. The SMILES string of the molecule is COc1ccc(C(=O)N2CCN(C)CCCN(C(=O)CC(C)C)c3ccccc3C2)c2ccccc12. The van der Waals surface area contributed by atoms with Crippen LogP contribution in [0, 0.1) is 5.92 Å². The minimum atomic E-state index is -0.0173. The molecular formula is C30H37N3O3. The van der Waals surface area contributed by atoms with Gasteiger partial charge in [-0.15, -0.1) is 0 Å². The highest BCUT2D eigenvalue weighted by Gasteiger charge is 2.25. The second-order valence-electron chi connectivity index (χ2n) is 10.0. The van der Waals surface area contributed by atoms with Gasteiger partial charge in [0.2, 0.25) is 5.91 Å². The van der Waals surface area contributed by atoms with Crippen LogP contribution in [0.5, 0.6) is 5.75 Å². The number of fused-ring (bicyclic) bond motifs is 2. The fraction of sp³-hybridized carbons (Fsp3) is 0.400. The summed E-state index contributed by atoms with van der Waals surface area (Å²) in [6.45, 7) is 7.48. The van der Waals surface area contributed by atoms with E-state index in [9.17, 15) is 9.59 Å². The second-order valence-corrected chi connectivity index (χ2v) is 10.0. The average molecular weight is 488 g/mol. The molecule has 0 bridgehead atoms. The predicted molar refractivity (Wildman–Crippen MR) is 146 cm³/mol. The van der Waals surface area contributed by atoms with E-state index in [-0.39, 0.29) is 17.7 Å². The first kappa shape index (κ1) is 25.7. The first-order valence-corrected chi connectivity index (χ1v) is 12.8. The van der Waals surface area contributed by atoms with Gasteiger partial charge in [-0.25, -0.2) is 0 Å². The number of methoxy groups -OCH3 is 1. The molecule has 0 unspecified atom stereocenters. The molecule has 4 rings (SSSR count). The minimum absolute atomic E-state index is 0.0173. The second kappa shape index (κ2) is 11.6. The third-order valence-electron chi connectivity index (χ3n) is 6.82. The van der Waals surface area contributed by atoms with Crippen LogP contribution in [0.25, 0.3) is 10.8 Å². The molecule has 0 N–H and O–H groups in total. The summed E-state index contributed by atoms with van der Waals surface area (Å²) < 4.78 is 5.54. The Labute approximate surface area is 214 Å². The van der Waals surface area contributed by atoms with Crippen LogP contribution in [0.2, 0.25) is 0 Å². The van der Waals surface area contributed by atoms with Crippen LogP contribution in [0.4, 0.5) is 5.69 Å². The van der Waals surface area contributed by atoms with Gasteiger partial charge in [0.1, 0.15) is 5.75 Å². The van der Waals surface area contributed by atoms with E-state index in [1.54, 1.807) is 7.11 Å². The Morgan fingerprint density at radius 2 is 1.61 bits per heavy atom. The van der Waals surface area contributed by atoms with Gasteiger partial charge in [-0.1, -0.05) is 56.3 Å². The number of rotatable bonds is 4. The maximum atomic E-state index is 14.0. The first-order chi connectivity index (χ1) is 17.4. The number of hydrogen-bond acceptors (Lipinski definition) is 4. The van der Waals surface area contributed by atoms with Crippen molar-refractivity contribution in [1.82, 2.24) is 9.80 Å². The molecule has 0 aromatic heterocycles. The van der Waals surface area contributed by atoms with Crippen molar-refractivity contribution in [3.8, 4) is 5.75 Å². The van der Waals surface area contributed by atoms with Gasteiger partial charge in [-0.2, -0.15) is 0 Å². The Hall–Kier alpha value is -3.38. The minimum Gasteiger partial charge on any atom is -0.496 e. The van der Waals surface area contributed by atoms with Gasteiger partial charge in [0, 0.05) is 49.2 Å². The van der Waals surface area contributed by atoms with Crippen LogP contribution in [-0.4, -0.2) is 62.0 Å². The largest absolute Gasteiger partial charge is 0.496 e. The fourth-order valence-electron chi connectivity index (χ4n) is 4.91. The molecule has 0 aliphatic carbocycles. The highest BCUT2D eigenvalue weighted by atomic mass is 16.5. The molecule has 1 aliphatic rings. The standard InChI is InChI=1S/C30H37N3O3/c1-22(2)20-29(34)33-17-9-16-31(3)18-19-32(21-23-10-5-8-13-27(23)33)30(35)26-14-15-28(36-4)25-12-7-6-11-24(25)26/h5-8,10-15,22H,9,16-21H2,1-4H3. The van der Waals surface area contributed by atoms with Crippen LogP contribution in [0.15, 0.2) is 60.7 Å². The number of carbonyl (C=O) groups excluding carboxylic acids is 2. The van der Waals surface area contributed by atoms with E-state index < -0.39 is 0 Å². The number of para-hydroxylation sites is 1. The molecule has 6 nitrogen and oxygen atoms in total. The molecule has 6 heteroatoms. The molecule has 3 aromatic carbocycles. The maximum Gasteiger partial charge on any atom is 0.254 e. The molecule has 0 atom stereocenters. The van der Waals surface area contributed by atoms with Gasteiger partial charge in [-0.3, -0.25) is 9.59 Å². The molecule has 0 radical (unpaired) electrons. The van der Waals surface area contributed by atoms with Crippen molar-refractivity contribution in [3.05, 3.63) is 71.8 Å². The third-order valence-corrected chi connectivity index (χ3v) is 6.82. The molecule has 36 heavy (non-hydrogen) atoms. The van der Waals surface area contributed by atoms with Crippen molar-refractivity contribution in [2.75, 3.05) is 45.2 Å². The number of hydrogen-bond donors (Lipinski definition) is 0. The number of likely N-dealkylation sites (N-methyl/N-ethyl adjacent to an activating group) is 1. The zero-order chi connectivity index (χ0) is 25.7. The molecule has 0 spiro atoms. The Morgan fingerprint density at radius 3 is 2.36 bits per heavy atom. The average Bonchev–Trinajstić information content (AvgIpc) is 2.90. The summed E-state index contributed by atoms with van der Waals surface area (Å²) in [5, 5.41) is 1.80. The van der Waals surface area contributed by atoms with Crippen molar-refractivity contribution in [1.29, 1.82) is 0 Å². The van der Waals surface area contributed by atoms with Crippen LogP contribution in [0.3, 0.4) is 0 Å². The number of ether oxygens (including phenoxy) is 1. The van der Waals surface area contributed by atoms with Crippen molar-refractivity contribution in [3.63, 3.8) is 0 Å². The number of anilines is 1. The molecule has 190 valence electrons. The number of amides is 2. The summed E-state index contributed by atoms with van der Waals surface area (Å²) in [6, 6.07) is 19.6. The summed E-state index contributed by atoms with van der Waals surface area (Å²) >= 11 is 0. The zero-order valence-electron chi connectivity index (χ0n) is 21.9. The van der Waals surface area contributed by atoms with Gasteiger partial charge < -0.3 is 19.4 Å². The summed E-state index contributed by atoms with van der Waals surface area (Å²) in [5.74, 6) is 1.16. The Kier molecular flexibility index (Phi) is 8.26. The molecule has 0 saturated heterocycles. The van der Waals surface area contributed by atoms with Crippen molar-refractivity contribution in [2.45, 2.75) is 33.2 Å².